The standard InChI is InChI=1S/C22H27F3N2O2/c1-19(2,3)17-26-14-11-13-12(9-15(14)29-17)10-16-20(4,5)21(13,6)7-8-27(16)18(28)22(23,24)25/h9,11,16H,7-8,10H2,1-6H3/t16-,21+/m1/s1. The molecule has 0 radical (unpaired) electrons. The molecule has 1 aromatic heterocycles. The maximum absolute atomic E-state index is 13.2. The van der Waals surface area contributed by atoms with Crippen LogP contribution in [0.25, 0.3) is 11.1 Å². The largest absolute Gasteiger partial charge is 0.471 e. The van der Waals surface area contributed by atoms with Gasteiger partial charge in [-0.2, -0.15) is 13.2 Å². The van der Waals surface area contributed by atoms with E-state index in [0.29, 0.717) is 24.3 Å². The highest BCUT2D eigenvalue weighted by atomic mass is 19.4. The van der Waals surface area contributed by atoms with E-state index in [2.05, 4.69) is 11.9 Å². The summed E-state index contributed by atoms with van der Waals surface area (Å²) >= 11 is 0. The lowest BCUT2D eigenvalue weighted by Crippen LogP contribution is -2.66. The number of fused-ring (bicyclic) bond motifs is 5. The number of carbonyl (C=O) groups is 1. The molecule has 7 heteroatoms. The molecule has 0 spiro atoms. The number of halogens is 3. The molecule has 2 bridgehead atoms. The van der Waals surface area contributed by atoms with E-state index < -0.39 is 23.5 Å². The normalized spacial score (nSPS) is 26.5. The molecule has 2 aromatic rings. The molecular weight excluding hydrogens is 381 g/mol. The average molecular weight is 408 g/mol. The summed E-state index contributed by atoms with van der Waals surface area (Å²) in [5.41, 5.74) is 2.36. The second kappa shape index (κ2) is 5.76. The fourth-order valence-electron chi connectivity index (χ4n) is 5.06. The number of hydrogen-bond donors (Lipinski definition) is 0. The van der Waals surface area contributed by atoms with E-state index in [-0.39, 0.29) is 17.4 Å². The van der Waals surface area contributed by atoms with Crippen LogP contribution in [0.2, 0.25) is 0 Å². The van der Waals surface area contributed by atoms with E-state index in [9.17, 15) is 18.0 Å². The highest BCUT2D eigenvalue weighted by molar-refractivity contribution is 5.83. The fraction of sp³-hybridized carbons (Fsp3) is 0.636. The monoisotopic (exact) mass is 408 g/mol. The van der Waals surface area contributed by atoms with Crippen LogP contribution in [0.5, 0.6) is 0 Å². The predicted molar refractivity (Wildman–Crippen MR) is 104 cm³/mol. The highest BCUT2D eigenvalue weighted by Crippen LogP contribution is 2.57. The first-order chi connectivity index (χ1) is 13.2. The third-order valence-electron chi connectivity index (χ3n) is 7.25. The number of amides is 1. The summed E-state index contributed by atoms with van der Waals surface area (Å²) in [6.45, 7) is 12.2. The van der Waals surface area contributed by atoms with Crippen molar-refractivity contribution < 1.29 is 22.4 Å². The zero-order valence-corrected chi connectivity index (χ0v) is 17.7. The number of carbonyl (C=O) groups excluding carboxylic acids is 1. The Morgan fingerprint density at radius 1 is 1.21 bits per heavy atom. The van der Waals surface area contributed by atoms with Crippen molar-refractivity contribution in [1.29, 1.82) is 0 Å². The van der Waals surface area contributed by atoms with Gasteiger partial charge in [0, 0.05) is 23.4 Å². The van der Waals surface area contributed by atoms with Crippen molar-refractivity contribution in [3.8, 4) is 0 Å². The average Bonchev–Trinajstić information content (AvgIpc) is 2.99. The Bertz CT molecular complexity index is 1000. The molecule has 29 heavy (non-hydrogen) atoms. The quantitative estimate of drug-likeness (QED) is 0.607. The lowest BCUT2D eigenvalue weighted by Gasteiger charge is -2.60. The third kappa shape index (κ3) is 2.80. The summed E-state index contributed by atoms with van der Waals surface area (Å²) in [7, 11) is 0. The van der Waals surface area contributed by atoms with Crippen molar-refractivity contribution in [2.75, 3.05) is 6.54 Å². The summed E-state index contributed by atoms with van der Waals surface area (Å²) in [6.07, 6.45) is -4.01. The topological polar surface area (TPSA) is 46.3 Å². The van der Waals surface area contributed by atoms with Gasteiger partial charge >= 0.3 is 12.1 Å². The van der Waals surface area contributed by atoms with Gasteiger partial charge in [-0.15, -0.1) is 0 Å². The molecule has 1 aliphatic heterocycles. The Balaban J connectivity index is 1.86. The van der Waals surface area contributed by atoms with Crippen molar-refractivity contribution >= 4 is 17.0 Å². The van der Waals surface area contributed by atoms with E-state index in [4.69, 9.17) is 4.42 Å². The Kier molecular flexibility index (Phi) is 4.02. The van der Waals surface area contributed by atoms with Gasteiger partial charge in [0.05, 0.1) is 0 Å². The van der Waals surface area contributed by atoms with Crippen LogP contribution in [0.15, 0.2) is 16.5 Å². The number of nitrogens with zero attached hydrogens (tertiary/aromatic N) is 2. The second-order valence-electron chi connectivity index (χ2n) is 10.3. The Labute approximate surface area is 168 Å². The van der Waals surface area contributed by atoms with Gasteiger partial charge in [-0.3, -0.25) is 4.79 Å². The van der Waals surface area contributed by atoms with Crippen LogP contribution in [-0.4, -0.2) is 34.6 Å². The van der Waals surface area contributed by atoms with Gasteiger partial charge in [-0.05, 0) is 41.5 Å². The van der Waals surface area contributed by atoms with Gasteiger partial charge < -0.3 is 9.32 Å². The molecule has 1 aliphatic carbocycles. The molecule has 0 saturated carbocycles. The fourth-order valence-corrected chi connectivity index (χ4v) is 5.06. The van der Waals surface area contributed by atoms with E-state index in [0.717, 1.165) is 21.5 Å². The van der Waals surface area contributed by atoms with Crippen molar-refractivity contribution in [3.05, 3.63) is 29.2 Å². The molecular formula is C22H27F3N2O2. The zero-order valence-electron chi connectivity index (χ0n) is 17.7. The van der Waals surface area contributed by atoms with Crippen LogP contribution < -0.4 is 0 Å². The molecule has 4 nitrogen and oxygen atoms in total. The van der Waals surface area contributed by atoms with Crippen LogP contribution >= 0.6 is 0 Å². The molecule has 1 amide bonds. The first-order valence-electron chi connectivity index (χ1n) is 9.98. The first-order valence-corrected chi connectivity index (χ1v) is 9.98. The summed E-state index contributed by atoms with van der Waals surface area (Å²) in [6, 6.07) is 3.43. The summed E-state index contributed by atoms with van der Waals surface area (Å²) in [5.74, 6) is -1.10. The lowest BCUT2D eigenvalue weighted by atomic mass is 9.51. The maximum Gasteiger partial charge on any atom is 0.471 e. The maximum atomic E-state index is 13.2. The van der Waals surface area contributed by atoms with E-state index in [1.807, 2.05) is 46.8 Å². The lowest BCUT2D eigenvalue weighted by molar-refractivity contribution is -0.195. The first kappa shape index (κ1) is 20.2. The minimum absolute atomic E-state index is 0.104. The van der Waals surface area contributed by atoms with Gasteiger partial charge in [-0.1, -0.05) is 41.5 Å². The van der Waals surface area contributed by atoms with E-state index >= 15 is 0 Å². The molecule has 2 aliphatic rings. The number of hydrogen-bond acceptors (Lipinski definition) is 3. The zero-order chi connectivity index (χ0) is 21.6. The Hall–Kier alpha value is -2.05. The minimum atomic E-state index is -4.86. The number of likely N-dealkylation sites (tertiary alicyclic amines) is 1. The van der Waals surface area contributed by atoms with Crippen LogP contribution in [0, 0.1) is 5.41 Å². The summed E-state index contributed by atoms with van der Waals surface area (Å²) in [5, 5.41) is 0. The van der Waals surface area contributed by atoms with Gasteiger partial charge in [0.1, 0.15) is 5.52 Å². The van der Waals surface area contributed by atoms with Crippen molar-refractivity contribution in [2.45, 2.75) is 77.4 Å². The van der Waals surface area contributed by atoms with Gasteiger partial charge in [0.2, 0.25) is 5.89 Å². The summed E-state index contributed by atoms with van der Waals surface area (Å²) < 4.78 is 45.6. The highest BCUT2D eigenvalue weighted by Gasteiger charge is 2.59. The number of benzene rings is 1. The number of aromatic nitrogens is 1. The molecule has 4 rings (SSSR count). The van der Waals surface area contributed by atoms with Crippen LogP contribution in [0.4, 0.5) is 13.2 Å². The molecule has 2 atom stereocenters. The predicted octanol–water partition coefficient (Wildman–Crippen LogP) is 5.13. The van der Waals surface area contributed by atoms with Crippen LogP contribution in [0.3, 0.4) is 0 Å². The smallest absolute Gasteiger partial charge is 0.440 e. The van der Waals surface area contributed by atoms with Crippen LogP contribution in [0.1, 0.15) is 65.0 Å². The van der Waals surface area contributed by atoms with Gasteiger partial charge in [-0.25, -0.2) is 4.98 Å². The van der Waals surface area contributed by atoms with Crippen molar-refractivity contribution in [3.63, 3.8) is 0 Å². The molecule has 158 valence electrons. The van der Waals surface area contributed by atoms with Crippen LogP contribution in [-0.2, 0) is 22.0 Å². The number of oxazole rings is 1. The molecule has 1 fully saturated rings. The molecule has 0 unspecified atom stereocenters. The van der Waals surface area contributed by atoms with Crippen molar-refractivity contribution in [1.82, 2.24) is 9.88 Å². The molecule has 1 saturated heterocycles. The number of rotatable bonds is 0. The Morgan fingerprint density at radius 3 is 2.45 bits per heavy atom. The third-order valence-corrected chi connectivity index (χ3v) is 7.25. The minimum Gasteiger partial charge on any atom is -0.440 e. The van der Waals surface area contributed by atoms with Gasteiger partial charge in [0.25, 0.3) is 0 Å². The molecule has 1 aromatic carbocycles. The van der Waals surface area contributed by atoms with Crippen molar-refractivity contribution in [2.24, 2.45) is 5.41 Å². The second-order valence-corrected chi connectivity index (χ2v) is 10.3. The SMILES string of the molecule is CC(C)(C)c1nc2cc3c(cc2o1)C[C@H]1N(C(=O)C(F)(F)F)CC[C@]3(C)C1(C)C. The number of alkyl halides is 3. The summed E-state index contributed by atoms with van der Waals surface area (Å²) in [4.78, 5) is 17.8. The number of piperidine rings is 1. The van der Waals surface area contributed by atoms with Gasteiger partial charge in [0.15, 0.2) is 5.58 Å². The molecule has 0 N–H and O–H groups in total. The van der Waals surface area contributed by atoms with E-state index in [1.165, 1.54) is 0 Å². The van der Waals surface area contributed by atoms with E-state index in [1.54, 1.807) is 0 Å². The molecule has 2 heterocycles. The Morgan fingerprint density at radius 2 is 1.86 bits per heavy atom.